The van der Waals surface area contributed by atoms with Crippen molar-refractivity contribution in [3.63, 3.8) is 0 Å². The lowest BCUT2D eigenvalue weighted by atomic mass is 9.98. The van der Waals surface area contributed by atoms with Gasteiger partial charge in [-0.1, -0.05) is 59.9 Å². The number of carboxylic acid groups (broad SMARTS) is 1. The van der Waals surface area contributed by atoms with Crippen LogP contribution in [-0.4, -0.2) is 53.4 Å². The van der Waals surface area contributed by atoms with Crippen LogP contribution in [0.3, 0.4) is 0 Å². The Morgan fingerprint density at radius 3 is 2.41 bits per heavy atom. The first kappa shape index (κ1) is 22.1. The van der Waals surface area contributed by atoms with Crippen molar-refractivity contribution in [3.8, 4) is 11.1 Å². The van der Waals surface area contributed by atoms with Gasteiger partial charge in [0.1, 0.15) is 11.5 Å². The smallest absolute Gasteiger partial charge is 0.413 e. The fourth-order valence-electron chi connectivity index (χ4n) is 4.32. The molecule has 1 atom stereocenters. The van der Waals surface area contributed by atoms with Crippen molar-refractivity contribution in [3.05, 3.63) is 70.7 Å². The number of nitrogens with zero attached hydrogens (tertiary/aromatic N) is 1. The van der Waals surface area contributed by atoms with Gasteiger partial charge in [-0.2, -0.15) is 0 Å². The second kappa shape index (κ2) is 8.88. The molecule has 2 amide bonds. The number of thiazole rings is 1. The molecule has 2 aliphatic rings. The summed E-state index contributed by atoms with van der Waals surface area (Å²) in [5, 5.41) is 14.7. The average Bonchev–Trinajstić information content (AvgIpc) is 3.56. The number of rotatable bonds is 6. The molecular weight excluding hydrogens is 458 g/mol. The third-order valence-corrected chi connectivity index (χ3v) is 6.98. The Balaban J connectivity index is 1.21. The van der Waals surface area contributed by atoms with Crippen LogP contribution in [-0.2, 0) is 14.3 Å². The predicted molar refractivity (Wildman–Crippen MR) is 124 cm³/mol. The molecule has 0 spiro atoms. The van der Waals surface area contributed by atoms with Gasteiger partial charge in [0.25, 0.3) is 5.91 Å². The van der Waals surface area contributed by atoms with Crippen molar-refractivity contribution in [1.29, 1.82) is 0 Å². The fraction of sp³-hybridized carbons (Fsp3) is 0.250. The van der Waals surface area contributed by atoms with Gasteiger partial charge in [-0.15, -0.1) is 0 Å². The largest absolute Gasteiger partial charge is 0.479 e. The molecule has 1 aliphatic heterocycles. The number of hydrogen-bond acceptors (Lipinski definition) is 7. The molecule has 174 valence electrons. The Bertz CT molecular complexity index is 1220. The highest BCUT2D eigenvalue weighted by atomic mass is 32.1. The van der Waals surface area contributed by atoms with Gasteiger partial charge in [-0.25, -0.2) is 14.6 Å². The third kappa shape index (κ3) is 4.02. The van der Waals surface area contributed by atoms with Crippen molar-refractivity contribution < 1.29 is 29.0 Å². The number of anilines is 1. The van der Waals surface area contributed by atoms with Crippen LogP contribution >= 0.6 is 11.3 Å². The van der Waals surface area contributed by atoms with Crippen molar-refractivity contribution in [1.82, 2.24) is 10.3 Å². The van der Waals surface area contributed by atoms with Crippen molar-refractivity contribution >= 4 is 34.4 Å². The number of hydrogen-bond donors (Lipinski definition) is 3. The lowest BCUT2D eigenvalue weighted by Gasteiger charge is -2.23. The number of aliphatic carboxylic acids is 1. The van der Waals surface area contributed by atoms with Gasteiger partial charge in [-0.05, 0) is 22.3 Å². The van der Waals surface area contributed by atoms with E-state index < -0.39 is 23.5 Å². The molecule has 0 radical (unpaired) electrons. The maximum Gasteiger partial charge on any atom is 0.413 e. The monoisotopic (exact) mass is 479 g/mol. The van der Waals surface area contributed by atoms with Crippen LogP contribution in [0.4, 0.5) is 9.93 Å². The standard InChI is InChI=1S/C24H21N3O6S/c28-20(27-24(21(29)30)9-10-32-13-24)19-11-25-22(34-19)26-23(31)33-12-18-16-7-3-1-5-14(16)15-6-2-4-8-17(15)18/h1-8,11,18H,9-10,12-13H2,(H,27,28)(H,29,30)(H,25,26,31). The van der Waals surface area contributed by atoms with Gasteiger partial charge in [0.2, 0.25) is 0 Å². The molecule has 1 aromatic heterocycles. The predicted octanol–water partition coefficient (Wildman–Crippen LogP) is 3.48. The van der Waals surface area contributed by atoms with Crippen LogP contribution in [0, 0.1) is 0 Å². The minimum atomic E-state index is -1.46. The van der Waals surface area contributed by atoms with Gasteiger partial charge in [0, 0.05) is 18.9 Å². The summed E-state index contributed by atoms with van der Waals surface area (Å²) in [6.45, 7) is 0.307. The number of carbonyl (C=O) groups is 3. The van der Waals surface area contributed by atoms with Gasteiger partial charge >= 0.3 is 12.1 Å². The minimum absolute atomic E-state index is 0.0726. The topological polar surface area (TPSA) is 127 Å². The minimum Gasteiger partial charge on any atom is -0.479 e. The lowest BCUT2D eigenvalue weighted by Crippen LogP contribution is -2.55. The molecule has 3 aromatic rings. The molecule has 1 fully saturated rings. The zero-order valence-corrected chi connectivity index (χ0v) is 18.8. The van der Waals surface area contributed by atoms with Gasteiger partial charge in [0.05, 0.1) is 12.8 Å². The van der Waals surface area contributed by atoms with Crippen molar-refractivity contribution in [2.45, 2.75) is 17.9 Å². The Kier molecular flexibility index (Phi) is 5.76. The van der Waals surface area contributed by atoms with Crippen molar-refractivity contribution in [2.24, 2.45) is 0 Å². The number of benzene rings is 2. The SMILES string of the molecule is O=C(Nc1ncc(C(=O)NC2(C(=O)O)CCOC2)s1)OCC1c2ccccc2-c2ccccc21. The highest BCUT2D eigenvalue weighted by molar-refractivity contribution is 7.17. The Hall–Kier alpha value is -3.76. The fourth-order valence-corrected chi connectivity index (χ4v) is 5.02. The number of carbonyl (C=O) groups excluding carboxylic acids is 2. The molecule has 1 aliphatic carbocycles. The number of nitrogens with one attached hydrogen (secondary N) is 2. The molecule has 2 aromatic carbocycles. The highest BCUT2D eigenvalue weighted by Gasteiger charge is 2.44. The van der Waals surface area contributed by atoms with E-state index in [1.54, 1.807) is 0 Å². The quantitative estimate of drug-likeness (QED) is 0.494. The number of ether oxygens (including phenoxy) is 2. The van der Waals surface area contributed by atoms with Crippen LogP contribution in [0.1, 0.15) is 33.1 Å². The summed E-state index contributed by atoms with van der Waals surface area (Å²) in [5.41, 5.74) is 3.02. The lowest BCUT2D eigenvalue weighted by molar-refractivity contribution is -0.144. The first-order valence-corrected chi connectivity index (χ1v) is 11.5. The maximum atomic E-state index is 12.5. The summed E-state index contributed by atoms with van der Waals surface area (Å²) >= 11 is 0.930. The van der Waals surface area contributed by atoms with Crippen LogP contribution in [0.15, 0.2) is 54.7 Å². The van der Waals surface area contributed by atoms with Crippen LogP contribution < -0.4 is 10.6 Å². The van der Waals surface area contributed by atoms with E-state index in [4.69, 9.17) is 9.47 Å². The van der Waals surface area contributed by atoms with Crippen LogP contribution in [0.5, 0.6) is 0 Å². The van der Waals surface area contributed by atoms with Gasteiger partial charge in [0.15, 0.2) is 10.7 Å². The second-order valence-electron chi connectivity index (χ2n) is 8.12. The van der Waals surface area contributed by atoms with Crippen molar-refractivity contribution in [2.75, 3.05) is 25.1 Å². The van der Waals surface area contributed by atoms with E-state index >= 15 is 0 Å². The number of aromatic nitrogens is 1. The molecule has 0 bridgehead atoms. The third-order valence-electron chi connectivity index (χ3n) is 6.07. The number of fused-ring (bicyclic) bond motifs is 3. The molecular formula is C24H21N3O6S. The first-order chi connectivity index (χ1) is 16.5. The van der Waals surface area contributed by atoms with E-state index in [1.807, 2.05) is 36.4 Å². The van der Waals surface area contributed by atoms with E-state index in [2.05, 4.69) is 27.8 Å². The van der Waals surface area contributed by atoms with E-state index in [0.29, 0.717) is 0 Å². The molecule has 3 N–H and O–H groups in total. The Morgan fingerprint density at radius 2 is 1.79 bits per heavy atom. The Labute approximate surface area is 198 Å². The summed E-state index contributed by atoms with van der Waals surface area (Å²) in [6, 6.07) is 16.1. The summed E-state index contributed by atoms with van der Waals surface area (Å²) in [7, 11) is 0. The molecule has 1 unspecified atom stereocenters. The molecule has 2 heterocycles. The van der Waals surface area contributed by atoms with E-state index in [-0.39, 0.29) is 42.2 Å². The maximum absolute atomic E-state index is 12.5. The highest BCUT2D eigenvalue weighted by Crippen LogP contribution is 2.44. The number of amides is 2. The normalized spacial score (nSPS) is 18.7. The molecule has 10 heteroatoms. The number of carboxylic acids is 1. The zero-order chi connectivity index (χ0) is 23.7. The summed E-state index contributed by atoms with van der Waals surface area (Å²) < 4.78 is 10.6. The van der Waals surface area contributed by atoms with E-state index in [9.17, 15) is 19.5 Å². The molecule has 34 heavy (non-hydrogen) atoms. The van der Waals surface area contributed by atoms with E-state index in [1.165, 1.54) is 6.20 Å². The molecule has 0 saturated carbocycles. The van der Waals surface area contributed by atoms with Crippen LogP contribution in [0.2, 0.25) is 0 Å². The average molecular weight is 480 g/mol. The molecule has 5 rings (SSSR count). The summed E-state index contributed by atoms with van der Waals surface area (Å²) in [6.07, 6.45) is 0.775. The van der Waals surface area contributed by atoms with Crippen LogP contribution in [0.25, 0.3) is 11.1 Å². The summed E-state index contributed by atoms with van der Waals surface area (Å²) in [5.74, 6) is -1.82. The Morgan fingerprint density at radius 1 is 1.12 bits per heavy atom. The van der Waals surface area contributed by atoms with Gasteiger partial charge < -0.3 is 19.9 Å². The summed E-state index contributed by atoms with van der Waals surface area (Å²) in [4.78, 5) is 40.8. The second-order valence-corrected chi connectivity index (χ2v) is 9.15. The first-order valence-electron chi connectivity index (χ1n) is 10.7. The van der Waals surface area contributed by atoms with E-state index in [0.717, 1.165) is 33.6 Å². The zero-order valence-electron chi connectivity index (χ0n) is 17.9. The molecule has 9 nitrogen and oxygen atoms in total. The van der Waals surface area contributed by atoms with Gasteiger partial charge in [-0.3, -0.25) is 10.1 Å². The molecule has 1 saturated heterocycles.